The lowest BCUT2D eigenvalue weighted by molar-refractivity contribution is -0.123. The summed E-state index contributed by atoms with van der Waals surface area (Å²) in [5.41, 5.74) is 0. The third-order valence-electron chi connectivity index (χ3n) is 3.50. The molecular formula is C16H23F2NO2. The van der Waals surface area contributed by atoms with Crippen molar-refractivity contribution < 1.29 is 18.3 Å². The highest BCUT2D eigenvalue weighted by Gasteiger charge is 2.18. The summed E-state index contributed by atoms with van der Waals surface area (Å²) in [6, 6.07) is 2.98. The van der Waals surface area contributed by atoms with Crippen molar-refractivity contribution in [3.8, 4) is 5.75 Å². The standard InChI is InChI=1S/C16H23F2NO2/c1-10(2)13(11(3)4)8-19-16(20)9-21-15-6-5-12(17)7-14(15)18/h5-7,10-11,13H,8-9H2,1-4H3,(H,19,20). The predicted octanol–water partition coefficient (Wildman–Crippen LogP) is 3.39. The molecule has 1 rings (SSSR count). The largest absolute Gasteiger partial charge is 0.481 e. The van der Waals surface area contributed by atoms with E-state index in [1.807, 2.05) is 0 Å². The summed E-state index contributed by atoms with van der Waals surface area (Å²) in [5, 5.41) is 2.79. The Morgan fingerprint density at radius 2 is 1.81 bits per heavy atom. The molecule has 0 aliphatic heterocycles. The van der Waals surface area contributed by atoms with Crippen LogP contribution in [0.1, 0.15) is 27.7 Å². The summed E-state index contributed by atoms with van der Waals surface area (Å²) in [6.45, 7) is 8.72. The lowest BCUT2D eigenvalue weighted by Gasteiger charge is -2.25. The summed E-state index contributed by atoms with van der Waals surface area (Å²) in [4.78, 5) is 11.7. The second-order valence-corrected chi connectivity index (χ2v) is 5.82. The Bertz CT molecular complexity index is 467. The van der Waals surface area contributed by atoms with Crippen LogP contribution in [0.15, 0.2) is 18.2 Å². The predicted molar refractivity (Wildman–Crippen MR) is 78.0 cm³/mol. The van der Waals surface area contributed by atoms with E-state index in [0.29, 0.717) is 24.3 Å². The molecule has 0 spiro atoms. The highest BCUT2D eigenvalue weighted by Crippen LogP contribution is 2.19. The zero-order chi connectivity index (χ0) is 16.0. The van der Waals surface area contributed by atoms with Crippen LogP contribution < -0.4 is 10.1 Å². The third kappa shape index (κ3) is 5.69. The average Bonchev–Trinajstić information content (AvgIpc) is 2.37. The van der Waals surface area contributed by atoms with Crippen LogP contribution in [0.5, 0.6) is 5.75 Å². The molecule has 0 bridgehead atoms. The summed E-state index contributed by atoms with van der Waals surface area (Å²) >= 11 is 0. The van der Waals surface area contributed by atoms with E-state index >= 15 is 0 Å². The van der Waals surface area contributed by atoms with Crippen molar-refractivity contribution in [3.05, 3.63) is 29.8 Å². The van der Waals surface area contributed by atoms with Crippen LogP contribution in [0, 0.1) is 29.4 Å². The number of halogens is 2. The molecule has 0 radical (unpaired) electrons. The summed E-state index contributed by atoms with van der Waals surface area (Å²) in [5.74, 6) is -0.648. The molecule has 0 saturated carbocycles. The Kier molecular flexibility index (Phi) is 6.59. The first-order valence-corrected chi connectivity index (χ1v) is 7.15. The highest BCUT2D eigenvalue weighted by molar-refractivity contribution is 5.77. The Balaban J connectivity index is 2.44. The molecular weight excluding hydrogens is 276 g/mol. The zero-order valence-corrected chi connectivity index (χ0v) is 13.0. The molecule has 21 heavy (non-hydrogen) atoms. The van der Waals surface area contributed by atoms with Gasteiger partial charge < -0.3 is 10.1 Å². The fourth-order valence-corrected chi connectivity index (χ4v) is 2.26. The van der Waals surface area contributed by atoms with E-state index in [1.165, 1.54) is 6.07 Å². The maximum Gasteiger partial charge on any atom is 0.257 e. The van der Waals surface area contributed by atoms with E-state index in [0.717, 1.165) is 12.1 Å². The summed E-state index contributed by atoms with van der Waals surface area (Å²) in [6.07, 6.45) is 0. The molecule has 0 aliphatic rings. The van der Waals surface area contributed by atoms with Crippen LogP contribution in [0.3, 0.4) is 0 Å². The van der Waals surface area contributed by atoms with Crippen LogP contribution in [0.2, 0.25) is 0 Å². The van der Waals surface area contributed by atoms with Crippen molar-refractivity contribution >= 4 is 5.91 Å². The molecule has 1 aromatic rings. The van der Waals surface area contributed by atoms with Crippen molar-refractivity contribution in [1.82, 2.24) is 5.32 Å². The van der Waals surface area contributed by atoms with Gasteiger partial charge in [0, 0.05) is 12.6 Å². The molecule has 1 N–H and O–H groups in total. The Morgan fingerprint density at radius 3 is 2.33 bits per heavy atom. The second kappa shape index (κ2) is 7.96. The molecule has 0 unspecified atom stereocenters. The van der Waals surface area contributed by atoms with Crippen molar-refractivity contribution in [1.29, 1.82) is 0 Å². The van der Waals surface area contributed by atoms with Gasteiger partial charge in [-0.3, -0.25) is 4.79 Å². The minimum Gasteiger partial charge on any atom is -0.481 e. The number of hydrogen-bond acceptors (Lipinski definition) is 2. The van der Waals surface area contributed by atoms with Gasteiger partial charge in [-0.15, -0.1) is 0 Å². The SMILES string of the molecule is CC(C)C(CNC(=O)COc1ccc(F)cc1F)C(C)C. The topological polar surface area (TPSA) is 38.3 Å². The lowest BCUT2D eigenvalue weighted by atomic mass is 9.85. The van der Waals surface area contributed by atoms with Crippen LogP contribution in [0.25, 0.3) is 0 Å². The second-order valence-electron chi connectivity index (χ2n) is 5.82. The molecule has 0 heterocycles. The third-order valence-corrected chi connectivity index (χ3v) is 3.50. The summed E-state index contributed by atoms with van der Waals surface area (Å²) < 4.78 is 31.1. The number of carbonyl (C=O) groups excluding carboxylic acids is 1. The molecule has 3 nitrogen and oxygen atoms in total. The quantitative estimate of drug-likeness (QED) is 0.838. The molecule has 1 aromatic carbocycles. The number of rotatable bonds is 7. The van der Waals surface area contributed by atoms with Gasteiger partial charge in [0.25, 0.3) is 5.91 Å². The Labute approximate surface area is 124 Å². The molecule has 0 atom stereocenters. The molecule has 0 aromatic heterocycles. The highest BCUT2D eigenvalue weighted by atomic mass is 19.1. The van der Waals surface area contributed by atoms with Gasteiger partial charge in [0.05, 0.1) is 0 Å². The van der Waals surface area contributed by atoms with Gasteiger partial charge in [0.15, 0.2) is 18.2 Å². The Morgan fingerprint density at radius 1 is 1.19 bits per heavy atom. The normalized spacial score (nSPS) is 11.3. The van der Waals surface area contributed by atoms with Crippen LogP contribution in [-0.2, 0) is 4.79 Å². The summed E-state index contributed by atoms with van der Waals surface area (Å²) in [7, 11) is 0. The minimum atomic E-state index is -0.815. The number of carbonyl (C=O) groups is 1. The van der Waals surface area contributed by atoms with E-state index in [9.17, 15) is 13.6 Å². The van der Waals surface area contributed by atoms with Gasteiger partial charge in [-0.1, -0.05) is 27.7 Å². The van der Waals surface area contributed by atoms with Crippen molar-refractivity contribution in [2.24, 2.45) is 17.8 Å². The molecule has 0 fully saturated rings. The van der Waals surface area contributed by atoms with Gasteiger partial charge >= 0.3 is 0 Å². The molecule has 0 aliphatic carbocycles. The number of ether oxygens (including phenoxy) is 1. The van der Waals surface area contributed by atoms with Crippen molar-refractivity contribution in [2.75, 3.05) is 13.2 Å². The first-order valence-electron chi connectivity index (χ1n) is 7.15. The van der Waals surface area contributed by atoms with Crippen LogP contribution in [0.4, 0.5) is 8.78 Å². The van der Waals surface area contributed by atoms with Gasteiger partial charge in [0.2, 0.25) is 0 Å². The Hall–Kier alpha value is -1.65. The molecule has 0 saturated heterocycles. The number of nitrogens with one attached hydrogen (secondary N) is 1. The fourth-order valence-electron chi connectivity index (χ4n) is 2.26. The number of amides is 1. The maximum absolute atomic E-state index is 13.3. The van der Waals surface area contributed by atoms with E-state index in [4.69, 9.17) is 4.74 Å². The first-order chi connectivity index (χ1) is 9.81. The van der Waals surface area contributed by atoms with Gasteiger partial charge in [0.1, 0.15) is 5.82 Å². The lowest BCUT2D eigenvalue weighted by Crippen LogP contribution is -2.36. The van der Waals surface area contributed by atoms with Crippen LogP contribution >= 0.6 is 0 Å². The van der Waals surface area contributed by atoms with E-state index in [-0.39, 0.29) is 18.3 Å². The zero-order valence-electron chi connectivity index (χ0n) is 13.0. The number of benzene rings is 1. The number of hydrogen-bond donors (Lipinski definition) is 1. The van der Waals surface area contributed by atoms with Crippen molar-refractivity contribution in [2.45, 2.75) is 27.7 Å². The first kappa shape index (κ1) is 17.4. The van der Waals surface area contributed by atoms with Gasteiger partial charge in [-0.2, -0.15) is 0 Å². The average molecular weight is 299 g/mol. The maximum atomic E-state index is 13.3. The monoisotopic (exact) mass is 299 g/mol. The smallest absolute Gasteiger partial charge is 0.257 e. The van der Waals surface area contributed by atoms with E-state index in [1.54, 1.807) is 0 Å². The van der Waals surface area contributed by atoms with Gasteiger partial charge in [-0.05, 0) is 29.9 Å². The molecule has 1 amide bonds. The molecule has 5 heteroatoms. The van der Waals surface area contributed by atoms with Crippen molar-refractivity contribution in [3.63, 3.8) is 0 Å². The fraction of sp³-hybridized carbons (Fsp3) is 0.562. The van der Waals surface area contributed by atoms with E-state index < -0.39 is 11.6 Å². The van der Waals surface area contributed by atoms with Crippen LogP contribution in [-0.4, -0.2) is 19.1 Å². The van der Waals surface area contributed by atoms with Gasteiger partial charge in [-0.25, -0.2) is 8.78 Å². The minimum absolute atomic E-state index is 0.129. The van der Waals surface area contributed by atoms with E-state index in [2.05, 4.69) is 33.0 Å². The molecule has 118 valence electrons.